The molecule has 0 unspecified atom stereocenters. The number of carbonyl (C=O) groups is 1. The van der Waals surface area contributed by atoms with E-state index in [1.165, 1.54) is 23.9 Å². The summed E-state index contributed by atoms with van der Waals surface area (Å²) in [4.78, 5) is 14.1. The molecule has 0 saturated heterocycles. The molecule has 0 fully saturated rings. The van der Waals surface area contributed by atoms with E-state index in [2.05, 4.69) is 10.6 Å². The number of carbonyl (C=O) groups excluding carboxylic acids is 1. The zero-order chi connectivity index (χ0) is 20.2. The first-order valence-corrected chi connectivity index (χ1v) is 10.4. The molecule has 7 heteroatoms. The minimum absolute atomic E-state index is 0.163. The first kappa shape index (κ1) is 18.6. The maximum Gasteiger partial charge on any atom is 0.249 e. The van der Waals surface area contributed by atoms with Gasteiger partial charge in [0, 0.05) is 31.9 Å². The summed E-state index contributed by atoms with van der Waals surface area (Å²) in [7, 11) is 0. The van der Waals surface area contributed by atoms with Gasteiger partial charge in [-0.3, -0.25) is 4.79 Å². The number of benzene rings is 3. The Balaban J connectivity index is 1.77. The molecule has 1 amide bonds. The van der Waals surface area contributed by atoms with Crippen LogP contribution in [0.3, 0.4) is 0 Å². The molecule has 0 aliphatic carbocycles. The van der Waals surface area contributed by atoms with E-state index in [1.807, 2.05) is 24.3 Å². The Kier molecular flexibility index (Phi) is 4.35. The molecule has 3 aromatic carbocycles. The van der Waals surface area contributed by atoms with Crippen molar-refractivity contribution in [3.63, 3.8) is 0 Å². The van der Waals surface area contributed by atoms with E-state index < -0.39 is 4.75 Å². The highest BCUT2D eigenvalue weighted by Crippen LogP contribution is 2.55. The molecule has 2 aliphatic heterocycles. The molecule has 5 rings (SSSR count). The first-order valence-electron chi connectivity index (χ1n) is 8.80. The lowest BCUT2D eigenvalue weighted by Crippen LogP contribution is -2.29. The summed E-state index contributed by atoms with van der Waals surface area (Å²) >= 11 is 13.9. The smallest absolute Gasteiger partial charge is 0.249 e. The van der Waals surface area contributed by atoms with Gasteiger partial charge < -0.3 is 10.6 Å². The van der Waals surface area contributed by atoms with Crippen LogP contribution in [0.25, 0.3) is 5.70 Å². The van der Waals surface area contributed by atoms with Crippen molar-refractivity contribution in [2.45, 2.75) is 9.64 Å². The second-order valence-electron chi connectivity index (χ2n) is 6.81. The number of fused-ring (bicyclic) bond motifs is 3. The predicted octanol–water partition coefficient (Wildman–Crippen LogP) is 6.54. The maximum atomic E-state index is 13.5. The van der Waals surface area contributed by atoms with Gasteiger partial charge in [0.15, 0.2) is 0 Å². The van der Waals surface area contributed by atoms with Crippen molar-refractivity contribution in [2.75, 3.05) is 10.6 Å². The lowest BCUT2D eigenvalue weighted by atomic mass is 9.96. The molecular formula is C22H13Cl2FN2OS. The van der Waals surface area contributed by atoms with Crippen molar-refractivity contribution in [1.82, 2.24) is 0 Å². The third-order valence-electron chi connectivity index (χ3n) is 4.95. The second kappa shape index (κ2) is 6.80. The fraction of sp³-hybridized carbons (Fsp3) is 0.0455. The van der Waals surface area contributed by atoms with Crippen LogP contribution in [0.5, 0.6) is 0 Å². The number of hydrogen-bond acceptors (Lipinski definition) is 3. The summed E-state index contributed by atoms with van der Waals surface area (Å²) in [5.41, 5.74) is 3.71. The number of anilines is 2. The number of amides is 1. The van der Waals surface area contributed by atoms with Gasteiger partial charge in [-0.15, -0.1) is 0 Å². The van der Waals surface area contributed by atoms with Crippen molar-refractivity contribution in [3.05, 3.63) is 93.7 Å². The minimum Gasteiger partial charge on any atom is -0.354 e. The predicted molar refractivity (Wildman–Crippen MR) is 117 cm³/mol. The Morgan fingerprint density at radius 2 is 1.59 bits per heavy atom. The van der Waals surface area contributed by atoms with Crippen LogP contribution in [-0.2, 0) is 9.54 Å². The zero-order valence-corrected chi connectivity index (χ0v) is 17.1. The van der Waals surface area contributed by atoms with Crippen LogP contribution in [0, 0.1) is 5.82 Å². The van der Waals surface area contributed by atoms with Crippen molar-refractivity contribution in [3.8, 4) is 0 Å². The Hall–Kier alpha value is -2.47. The van der Waals surface area contributed by atoms with Gasteiger partial charge in [-0.1, -0.05) is 47.1 Å². The summed E-state index contributed by atoms with van der Waals surface area (Å²) < 4.78 is 12.5. The van der Waals surface area contributed by atoms with Crippen molar-refractivity contribution in [2.24, 2.45) is 0 Å². The van der Waals surface area contributed by atoms with Crippen LogP contribution in [0.15, 0.2) is 71.6 Å². The Labute approximate surface area is 180 Å². The third-order valence-corrected chi connectivity index (χ3v) is 6.84. The Morgan fingerprint density at radius 1 is 0.862 bits per heavy atom. The van der Waals surface area contributed by atoms with Gasteiger partial charge in [-0.05, 0) is 60.2 Å². The Morgan fingerprint density at radius 3 is 2.38 bits per heavy atom. The van der Waals surface area contributed by atoms with Gasteiger partial charge in [0.25, 0.3) is 0 Å². The van der Waals surface area contributed by atoms with Gasteiger partial charge in [-0.25, -0.2) is 4.39 Å². The average Bonchev–Trinajstić information content (AvgIpc) is 2.85. The SMILES string of the molecule is O=C1Nc2ccc(Cl)cc2[C@@]12C=C(c1ccc(F)cc1)Nc1cc(Cl)ccc1S2. The summed E-state index contributed by atoms with van der Waals surface area (Å²) in [5.74, 6) is -0.491. The largest absolute Gasteiger partial charge is 0.354 e. The van der Waals surface area contributed by atoms with E-state index in [1.54, 1.807) is 30.3 Å². The molecule has 1 atom stereocenters. The standard InChI is InChI=1S/C22H13Cl2FN2OS/c23-13-3-7-17-16(9-13)22(21(28)27-17)11-19(12-1-5-15(25)6-2-12)26-18-10-14(24)4-8-20(18)29-22/h1-11,26H,(H,27,28)/t22-/m0/s1. The quantitative estimate of drug-likeness (QED) is 0.449. The Bertz CT molecular complexity index is 1200. The van der Waals surface area contributed by atoms with Crippen LogP contribution in [0.4, 0.5) is 15.8 Å². The zero-order valence-electron chi connectivity index (χ0n) is 14.8. The van der Waals surface area contributed by atoms with E-state index >= 15 is 0 Å². The van der Waals surface area contributed by atoms with Gasteiger partial charge in [0.1, 0.15) is 10.6 Å². The highest BCUT2D eigenvalue weighted by Gasteiger charge is 2.48. The van der Waals surface area contributed by atoms with E-state index in [-0.39, 0.29) is 11.7 Å². The van der Waals surface area contributed by atoms with Gasteiger partial charge in [0.2, 0.25) is 5.91 Å². The summed E-state index contributed by atoms with van der Waals surface area (Å²) in [6, 6.07) is 17.0. The number of nitrogens with one attached hydrogen (secondary N) is 2. The van der Waals surface area contributed by atoms with Gasteiger partial charge >= 0.3 is 0 Å². The summed E-state index contributed by atoms with van der Waals surface area (Å²) in [5, 5.41) is 7.45. The van der Waals surface area contributed by atoms with Gasteiger partial charge in [0.05, 0.1) is 5.69 Å². The average molecular weight is 443 g/mol. The fourth-order valence-electron chi connectivity index (χ4n) is 3.58. The monoisotopic (exact) mass is 442 g/mol. The van der Waals surface area contributed by atoms with E-state index in [0.29, 0.717) is 15.7 Å². The molecule has 2 aliphatic rings. The van der Waals surface area contributed by atoms with E-state index in [9.17, 15) is 9.18 Å². The second-order valence-corrected chi connectivity index (χ2v) is 8.97. The topological polar surface area (TPSA) is 41.1 Å². The molecule has 3 nitrogen and oxygen atoms in total. The minimum atomic E-state index is -1.03. The maximum absolute atomic E-state index is 13.5. The highest BCUT2D eigenvalue weighted by atomic mass is 35.5. The molecule has 29 heavy (non-hydrogen) atoms. The molecule has 0 radical (unpaired) electrons. The molecule has 2 heterocycles. The van der Waals surface area contributed by atoms with Crippen LogP contribution < -0.4 is 10.6 Å². The normalized spacial score (nSPS) is 19.7. The molecule has 3 aromatic rings. The molecule has 0 bridgehead atoms. The van der Waals surface area contributed by atoms with Crippen LogP contribution in [0.1, 0.15) is 11.1 Å². The van der Waals surface area contributed by atoms with Crippen LogP contribution in [-0.4, -0.2) is 5.91 Å². The summed E-state index contributed by atoms with van der Waals surface area (Å²) in [6.07, 6.45) is 1.87. The summed E-state index contributed by atoms with van der Waals surface area (Å²) in [6.45, 7) is 0. The molecular weight excluding hydrogens is 430 g/mol. The lowest BCUT2D eigenvalue weighted by molar-refractivity contribution is -0.116. The van der Waals surface area contributed by atoms with Crippen LogP contribution >= 0.6 is 35.0 Å². The fourth-order valence-corrected chi connectivity index (χ4v) is 5.22. The molecule has 0 saturated carbocycles. The van der Waals surface area contributed by atoms with Gasteiger partial charge in [-0.2, -0.15) is 0 Å². The first-order chi connectivity index (χ1) is 13.9. The third kappa shape index (κ3) is 3.10. The molecule has 144 valence electrons. The number of rotatable bonds is 1. The van der Waals surface area contributed by atoms with Crippen molar-refractivity contribution in [1.29, 1.82) is 0 Å². The molecule has 2 N–H and O–H groups in total. The number of thioether (sulfide) groups is 1. The molecule has 1 spiro atoms. The van der Waals surface area contributed by atoms with E-state index in [4.69, 9.17) is 23.2 Å². The number of hydrogen-bond donors (Lipinski definition) is 2. The number of halogens is 3. The lowest BCUT2D eigenvalue weighted by Gasteiger charge is -2.23. The highest BCUT2D eigenvalue weighted by molar-refractivity contribution is 8.01. The van der Waals surface area contributed by atoms with Crippen LogP contribution in [0.2, 0.25) is 10.0 Å². The van der Waals surface area contributed by atoms with E-state index in [0.717, 1.165) is 27.4 Å². The van der Waals surface area contributed by atoms with Crippen molar-refractivity contribution < 1.29 is 9.18 Å². The molecule has 0 aromatic heterocycles. The van der Waals surface area contributed by atoms with Crippen molar-refractivity contribution >= 4 is 57.9 Å².